The molecule has 5 rings (SSSR count). The van der Waals surface area contributed by atoms with Crippen LogP contribution in [0.25, 0.3) is 0 Å². The quantitative estimate of drug-likeness (QED) is 0.205. The fourth-order valence-corrected chi connectivity index (χ4v) is 6.69. The van der Waals surface area contributed by atoms with Gasteiger partial charge in [0.25, 0.3) is 5.91 Å². The average molecular weight is 684 g/mol. The first-order chi connectivity index (χ1) is 23.6. The van der Waals surface area contributed by atoms with Gasteiger partial charge in [0.1, 0.15) is 28.2 Å². The van der Waals surface area contributed by atoms with Gasteiger partial charge in [0.2, 0.25) is 5.96 Å². The van der Waals surface area contributed by atoms with Gasteiger partial charge in [-0.1, -0.05) is 30.3 Å². The van der Waals surface area contributed by atoms with Gasteiger partial charge >= 0.3 is 12.2 Å². The summed E-state index contributed by atoms with van der Waals surface area (Å²) in [6.45, 7) is 21.8. The molecule has 0 bridgehead atoms. The Morgan fingerprint density at radius 2 is 1.26 bits per heavy atom. The predicted molar refractivity (Wildman–Crippen MR) is 196 cm³/mol. The van der Waals surface area contributed by atoms with Crippen molar-refractivity contribution in [3.8, 4) is 11.5 Å². The Hall–Kier alpha value is -5.06. The zero-order valence-electron chi connectivity index (χ0n) is 30.8. The lowest BCUT2D eigenvalue weighted by atomic mass is 9.74. The van der Waals surface area contributed by atoms with Gasteiger partial charge in [-0.05, 0) is 87.4 Å². The summed E-state index contributed by atoms with van der Waals surface area (Å²) in [7, 11) is 0. The van der Waals surface area contributed by atoms with Gasteiger partial charge in [-0.25, -0.2) is 9.59 Å². The molecule has 2 aliphatic heterocycles. The second-order valence-corrected chi connectivity index (χ2v) is 14.2. The van der Waals surface area contributed by atoms with Crippen molar-refractivity contribution in [3.63, 3.8) is 0 Å². The van der Waals surface area contributed by atoms with E-state index < -0.39 is 34.8 Å². The molecule has 1 N–H and O–H groups in total. The second-order valence-electron chi connectivity index (χ2n) is 14.2. The SMILES string of the molecule is CCN(CC)c1ccc2c(c1)Oc1cc(N(CC)CC)ccc1C21c2ccccc2C(=O)N1/C(=N/C(=O)OC(C)(C)C)NC(=O)OC(C)(C)C. The van der Waals surface area contributed by atoms with Gasteiger partial charge in [-0.2, -0.15) is 0 Å². The number of anilines is 2. The first-order valence-corrected chi connectivity index (χ1v) is 17.3. The lowest BCUT2D eigenvalue weighted by molar-refractivity contribution is 0.0548. The number of nitrogens with one attached hydrogen (secondary N) is 1. The van der Waals surface area contributed by atoms with E-state index in [1.165, 1.54) is 4.90 Å². The zero-order chi connectivity index (χ0) is 36.6. The number of aliphatic imine (C=N–C) groups is 1. The molecule has 11 nitrogen and oxygen atoms in total. The molecule has 0 aromatic heterocycles. The first kappa shape index (κ1) is 36.2. The lowest BCUT2D eigenvalue weighted by Gasteiger charge is -2.44. The number of benzene rings is 3. The van der Waals surface area contributed by atoms with Gasteiger partial charge in [0.15, 0.2) is 0 Å². The van der Waals surface area contributed by atoms with E-state index >= 15 is 0 Å². The highest BCUT2D eigenvalue weighted by Gasteiger charge is 2.58. The van der Waals surface area contributed by atoms with Gasteiger partial charge < -0.3 is 24.0 Å². The monoisotopic (exact) mass is 683 g/mol. The maximum absolute atomic E-state index is 14.8. The molecule has 0 atom stereocenters. The van der Waals surface area contributed by atoms with Crippen LogP contribution in [-0.2, 0) is 15.0 Å². The Labute approximate surface area is 295 Å². The molecule has 266 valence electrons. The second kappa shape index (κ2) is 13.7. The fraction of sp³-hybridized carbons (Fsp3) is 0.436. The fourth-order valence-electron chi connectivity index (χ4n) is 6.69. The Kier molecular flexibility index (Phi) is 9.92. The summed E-state index contributed by atoms with van der Waals surface area (Å²) in [5.74, 6) is 0.247. The van der Waals surface area contributed by atoms with E-state index in [0.29, 0.717) is 33.8 Å². The van der Waals surface area contributed by atoms with Crippen LogP contribution >= 0.6 is 0 Å². The molecule has 0 saturated carbocycles. The van der Waals surface area contributed by atoms with E-state index in [9.17, 15) is 14.4 Å². The number of carbonyl (C=O) groups is 3. The summed E-state index contributed by atoms with van der Waals surface area (Å²) in [5.41, 5.74) is 1.01. The van der Waals surface area contributed by atoms with Crippen LogP contribution in [0.3, 0.4) is 0 Å². The number of rotatable bonds is 6. The Morgan fingerprint density at radius 3 is 1.74 bits per heavy atom. The third-order valence-electron chi connectivity index (χ3n) is 8.69. The molecule has 1 spiro atoms. The Morgan fingerprint density at radius 1 is 0.760 bits per heavy atom. The lowest BCUT2D eigenvalue weighted by Crippen LogP contribution is -2.56. The molecular formula is C39H49N5O6. The highest BCUT2D eigenvalue weighted by molar-refractivity contribution is 6.16. The predicted octanol–water partition coefficient (Wildman–Crippen LogP) is 8.05. The third kappa shape index (κ3) is 6.73. The highest BCUT2D eigenvalue weighted by Crippen LogP contribution is 2.58. The number of amides is 3. The average Bonchev–Trinajstić information content (AvgIpc) is 3.28. The molecule has 11 heteroatoms. The van der Waals surface area contributed by atoms with Crippen LogP contribution in [0.1, 0.15) is 96.3 Å². The molecular weight excluding hydrogens is 634 g/mol. The molecule has 3 amide bonds. The number of guanidine groups is 1. The molecule has 0 radical (unpaired) electrons. The molecule has 0 aliphatic carbocycles. The third-order valence-corrected chi connectivity index (χ3v) is 8.69. The summed E-state index contributed by atoms with van der Waals surface area (Å²) in [5, 5.41) is 2.66. The van der Waals surface area contributed by atoms with Gasteiger partial charge in [0.05, 0.1) is 0 Å². The number of fused-ring (bicyclic) bond motifs is 6. The standard InChI is InChI=1S/C39H49N5O6/c1-11-42(12-2)25-19-21-29-31(23-25)48-32-24-26(43(13-3)14-4)20-22-30(32)39(29)28-18-16-15-17-27(28)33(45)44(39)34(40-35(46)49-37(5,6)7)41-36(47)50-38(8,9)10/h15-24H,11-14H2,1-10H3,(H,40,41,46,47). The number of hydrogen-bond acceptors (Lipinski definition) is 8. The number of hydrogen-bond donors (Lipinski definition) is 1. The van der Waals surface area contributed by atoms with Crippen LogP contribution in [0.2, 0.25) is 0 Å². The van der Waals surface area contributed by atoms with Crippen LogP contribution < -0.4 is 19.9 Å². The van der Waals surface area contributed by atoms with Crippen molar-refractivity contribution in [2.45, 2.75) is 86.0 Å². The van der Waals surface area contributed by atoms with E-state index in [2.05, 4.69) is 47.8 Å². The Balaban J connectivity index is 1.86. The van der Waals surface area contributed by atoms with Gasteiger partial charge in [-0.3, -0.25) is 15.0 Å². The van der Waals surface area contributed by atoms with Crippen LogP contribution in [0.5, 0.6) is 11.5 Å². The largest absolute Gasteiger partial charge is 0.456 e. The van der Waals surface area contributed by atoms with Gasteiger partial charge in [0, 0.05) is 71.9 Å². The minimum absolute atomic E-state index is 0.339. The highest BCUT2D eigenvalue weighted by atomic mass is 16.6. The maximum Gasteiger partial charge on any atom is 0.437 e. The van der Waals surface area contributed by atoms with Crippen molar-refractivity contribution < 1.29 is 28.6 Å². The molecule has 0 unspecified atom stereocenters. The van der Waals surface area contributed by atoms with E-state index in [0.717, 1.165) is 37.6 Å². The van der Waals surface area contributed by atoms with Crippen LogP contribution in [-0.4, -0.2) is 66.3 Å². The molecule has 2 heterocycles. The molecule has 0 saturated heterocycles. The smallest absolute Gasteiger partial charge is 0.437 e. The molecule has 3 aromatic carbocycles. The summed E-state index contributed by atoms with van der Waals surface area (Å²) in [6, 6.07) is 19.1. The molecule has 50 heavy (non-hydrogen) atoms. The molecule has 3 aromatic rings. The minimum atomic E-state index is -1.42. The van der Waals surface area contributed by atoms with Crippen molar-refractivity contribution >= 4 is 35.4 Å². The summed E-state index contributed by atoms with van der Waals surface area (Å²) in [4.78, 5) is 51.8. The van der Waals surface area contributed by atoms with Crippen molar-refractivity contribution in [3.05, 3.63) is 82.9 Å². The van der Waals surface area contributed by atoms with E-state index in [1.54, 1.807) is 53.7 Å². The normalized spacial score (nSPS) is 14.7. The van der Waals surface area contributed by atoms with E-state index in [4.69, 9.17) is 14.2 Å². The van der Waals surface area contributed by atoms with Crippen molar-refractivity contribution in [1.29, 1.82) is 0 Å². The molecule has 2 aliphatic rings. The van der Waals surface area contributed by atoms with Crippen molar-refractivity contribution in [2.24, 2.45) is 4.99 Å². The number of carbonyl (C=O) groups excluding carboxylic acids is 3. The van der Waals surface area contributed by atoms with Crippen LogP contribution in [0.15, 0.2) is 65.7 Å². The number of alkyl carbamates (subject to hydrolysis) is 1. The Bertz CT molecular complexity index is 1750. The molecule has 0 fully saturated rings. The minimum Gasteiger partial charge on any atom is -0.456 e. The maximum atomic E-state index is 14.8. The van der Waals surface area contributed by atoms with E-state index in [1.807, 2.05) is 48.5 Å². The topological polar surface area (TPSA) is 113 Å². The first-order valence-electron chi connectivity index (χ1n) is 17.3. The number of ether oxygens (including phenoxy) is 3. The number of nitrogens with zero attached hydrogens (tertiary/aromatic N) is 4. The van der Waals surface area contributed by atoms with Crippen molar-refractivity contribution in [2.75, 3.05) is 36.0 Å². The van der Waals surface area contributed by atoms with Crippen LogP contribution in [0.4, 0.5) is 21.0 Å². The zero-order valence-corrected chi connectivity index (χ0v) is 30.8. The summed E-state index contributed by atoms with van der Waals surface area (Å²) in [6.07, 6.45) is -1.87. The van der Waals surface area contributed by atoms with Gasteiger partial charge in [-0.15, -0.1) is 4.99 Å². The summed E-state index contributed by atoms with van der Waals surface area (Å²) >= 11 is 0. The van der Waals surface area contributed by atoms with Crippen molar-refractivity contribution in [1.82, 2.24) is 10.2 Å². The van der Waals surface area contributed by atoms with Crippen LogP contribution in [0, 0.1) is 0 Å². The summed E-state index contributed by atoms with van der Waals surface area (Å²) < 4.78 is 18.0. The van der Waals surface area contributed by atoms with E-state index in [-0.39, 0.29) is 5.96 Å².